The fourth-order valence-corrected chi connectivity index (χ4v) is 1.19. The van der Waals surface area contributed by atoms with Gasteiger partial charge in [-0.3, -0.25) is 0 Å². The van der Waals surface area contributed by atoms with E-state index in [0.29, 0.717) is 6.92 Å². The summed E-state index contributed by atoms with van der Waals surface area (Å²) in [5, 5.41) is 0. The van der Waals surface area contributed by atoms with E-state index in [-0.39, 0.29) is 36.7 Å². The molecule has 1 rings (SSSR count). The Hall–Kier alpha value is 0.0619. The monoisotopic (exact) mass is 442 g/mol. The maximum Gasteiger partial charge on any atom is 0.273 e. The van der Waals surface area contributed by atoms with E-state index in [9.17, 15) is 13.2 Å². The average molecular weight is 442 g/mol. The van der Waals surface area contributed by atoms with Crippen LogP contribution in [0.25, 0.3) is 0 Å². The molecule has 0 N–H and O–H groups in total. The SMILES string of the molecule is CC.Cc1cccc(F)c1C(C)(F)F.[U]. The largest absolute Gasteiger partial charge is 0.273 e. The van der Waals surface area contributed by atoms with Crippen LogP contribution in [0.5, 0.6) is 0 Å². The van der Waals surface area contributed by atoms with E-state index in [0.717, 1.165) is 6.07 Å². The van der Waals surface area contributed by atoms with Crippen LogP contribution in [0.4, 0.5) is 13.2 Å². The van der Waals surface area contributed by atoms with Gasteiger partial charge in [0.15, 0.2) is 0 Å². The smallest absolute Gasteiger partial charge is 0.206 e. The van der Waals surface area contributed by atoms with Crippen LogP contribution in [-0.4, -0.2) is 0 Å². The summed E-state index contributed by atoms with van der Waals surface area (Å²) in [4.78, 5) is 0. The number of halogens is 3. The summed E-state index contributed by atoms with van der Waals surface area (Å²) < 4.78 is 38.3. The van der Waals surface area contributed by atoms with Gasteiger partial charge in [-0.05, 0) is 18.6 Å². The summed E-state index contributed by atoms with van der Waals surface area (Å²) >= 11 is 0. The molecule has 0 aliphatic carbocycles. The van der Waals surface area contributed by atoms with Crippen LogP contribution < -0.4 is 0 Å². The number of alkyl halides is 2. The van der Waals surface area contributed by atoms with Gasteiger partial charge in [0.2, 0.25) is 0 Å². The van der Waals surface area contributed by atoms with Crippen LogP contribution in [-0.2, 0) is 5.92 Å². The molecule has 84 valence electrons. The fourth-order valence-electron chi connectivity index (χ4n) is 1.19. The Balaban J connectivity index is 0. The zero-order valence-corrected chi connectivity index (χ0v) is 13.5. The molecule has 0 heterocycles. The summed E-state index contributed by atoms with van der Waals surface area (Å²) in [6, 6.07) is 3.93. The molecule has 0 saturated carbocycles. The first-order valence-corrected chi connectivity index (χ1v) is 4.56. The normalized spacial score (nSPS) is 9.80. The molecular formula is C11H15F3U. The first-order chi connectivity index (χ1) is 6.43. The molecule has 0 aliphatic rings. The van der Waals surface area contributed by atoms with Gasteiger partial charge in [0.05, 0.1) is 5.56 Å². The van der Waals surface area contributed by atoms with Crippen molar-refractivity contribution in [2.75, 3.05) is 0 Å². The van der Waals surface area contributed by atoms with Crippen molar-refractivity contribution in [1.29, 1.82) is 0 Å². The Bertz CT molecular complexity index is 272. The van der Waals surface area contributed by atoms with Crippen molar-refractivity contribution < 1.29 is 44.3 Å². The summed E-state index contributed by atoms with van der Waals surface area (Å²) in [6.07, 6.45) is 0. The van der Waals surface area contributed by atoms with E-state index < -0.39 is 17.3 Å². The zero-order chi connectivity index (χ0) is 11.4. The fraction of sp³-hybridized carbons (Fsp3) is 0.455. The third-order valence-corrected chi connectivity index (χ3v) is 1.66. The third-order valence-electron chi connectivity index (χ3n) is 1.66. The van der Waals surface area contributed by atoms with Crippen LogP contribution in [0.1, 0.15) is 31.9 Å². The summed E-state index contributed by atoms with van der Waals surface area (Å²) in [5.74, 6) is -3.95. The van der Waals surface area contributed by atoms with E-state index in [1.54, 1.807) is 0 Å². The molecule has 15 heavy (non-hydrogen) atoms. The van der Waals surface area contributed by atoms with Crippen molar-refractivity contribution in [1.82, 2.24) is 0 Å². The van der Waals surface area contributed by atoms with E-state index in [1.807, 2.05) is 13.8 Å². The molecule has 0 nitrogen and oxygen atoms in total. The maximum atomic E-state index is 12.9. The first kappa shape index (κ1) is 17.5. The molecule has 0 atom stereocenters. The minimum atomic E-state index is -3.10. The predicted molar refractivity (Wildman–Crippen MR) is 52.1 cm³/mol. The standard InChI is InChI=1S/C9H9F3.C2H6.U/c1-6-4-3-5-7(10)8(6)9(2,11)12;1-2;/h3-5H,1-2H3;1-2H3;. The van der Waals surface area contributed by atoms with Gasteiger partial charge in [0.1, 0.15) is 5.82 Å². The van der Waals surface area contributed by atoms with Gasteiger partial charge < -0.3 is 0 Å². The molecule has 0 saturated heterocycles. The minimum Gasteiger partial charge on any atom is -0.206 e. The van der Waals surface area contributed by atoms with Crippen LogP contribution in [0.15, 0.2) is 18.2 Å². The van der Waals surface area contributed by atoms with Crippen molar-refractivity contribution in [2.45, 2.75) is 33.6 Å². The molecule has 4 heteroatoms. The molecule has 0 unspecified atom stereocenters. The van der Waals surface area contributed by atoms with E-state index in [4.69, 9.17) is 0 Å². The summed E-state index contributed by atoms with van der Waals surface area (Å²) in [7, 11) is 0. The second-order valence-electron chi connectivity index (χ2n) is 2.82. The van der Waals surface area contributed by atoms with Crippen molar-refractivity contribution in [3.8, 4) is 0 Å². The topological polar surface area (TPSA) is 0 Å². The molecule has 1 aromatic rings. The molecular weight excluding hydrogens is 427 g/mol. The first-order valence-electron chi connectivity index (χ1n) is 4.56. The Labute approximate surface area is 113 Å². The Morgan fingerprint density at radius 1 is 1.13 bits per heavy atom. The number of rotatable bonds is 1. The number of hydrogen-bond donors (Lipinski definition) is 0. The van der Waals surface area contributed by atoms with Gasteiger partial charge in [0.25, 0.3) is 5.92 Å². The molecule has 1 aromatic carbocycles. The van der Waals surface area contributed by atoms with Crippen molar-refractivity contribution >= 4 is 0 Å². The molecule has 0 radical (unpaired) electrons. The zero-order valence-electron chi connectivity index (χ0n) is 9.37. The number of hydrogen-bond acceptors (Lipinski definition) is 0. The Kier molecular flexibility index (Phi) is 8.56. The predicted octanol–water partition coefficient (Wildman–Crippen LogP) is 4.27. The Morgan fingerprint density at radius 2 is 1.60 bits per heavy atom. The number of benzene rings is 1. The van der Waals surface area contributed by atoms with E-state index in [2.05, 4.69) is 0 Å². The van der Waals surface area contributed by atoms with Gasteiger partial charge in [-0.2, -0.15) is 0 Å². The number of aryl methyl sites for hydroxylation is 1. The third kappa shape index (κ3) is 5.08. The van der Waals surface area contributed by atoms with Crippen LogP contribution >= 0.6 is 0 Å². The molecule has 0 fully saturated rings. The average Bonchev–Trinajstić information content (AvgIpc) is 2.05. The molecule has 0 bridgehead atoms. The van der Waals surface area contributed by atoms with Crippen molar-refractivity contribution in [3.63, 3.8) is 0 Å². The van der Waals surface area contributed by atoms with Crippen molar-refractivity contribution in [3.05, 3.63) is 35.1 Å². The van der Waals surface area contributed by atoms with E-state index in [1.165, 1.54) is 19.1 Å². The quantitative estimate of drug-likeness (QED) is 0.610. The van der Waals surface area contributed by atoms with Gasteiger partial charge >= 0.3 is 0 Å². The molecule has 0 spiro atoms. The van der Waals surface area contributed by atoms with E-state index >= 15 is 0 Å². The van der Waals surface area contributed by atoms with Crippen LogP contribution in [0.3, 0.4) is 0 Å². The van der Waals surface area contributed by atoms with Gasteiger partial charge in [-0.1, -0.05) is 26.0 Å². The maximum absolute atomic E-state index is 12.9. The van der Waals surface area contributed by atoms with Gasteiger partial charge in [-0.25, -0.2) is 13.2 Å². The molecule has 0 amide bonds. The minimum absolute atomic E-state index is 0. The van der Waals surface area contributed by atoms with Crippen LogP contribution in [0.2, 0.25) is 0 Å². The summed E-state index contributed by atoms with van der Waals surface area (Å²) in [6.45, 7) is 6.16. The molecule has 0 aliphatic heterocycles. The van der Waals surface area contributed by atoms with Gasteiger partial charge in [-0.15, -0.1) is 0 Å². The second kappa shape index (κ2) is 7.35. The molecule has 0 aromatic heterocycles. The van der Waals surface area contributed by atoms with Crippen LogP contribution in [0, 0.1) is 43.9 Å². The van der Waals surface area contributed by atoms with Crippen molar-refractivity contribution in [2.24, 2.45) is 0 Å². The Morgan fingerprint density at radius 3 is 1.87 bits per heavy atom. The van der Waals surface area contributed by atoms with Gasteiger partial charge in [0, 0.05) is 38.0 Å². The summed E-state index contributed by atoms with van der Waals surface area (Å²) in [5.41, 5.74) is -0.229. The second-order valence-corrected chi connectivity index (χ2v) is 2.82.